The van der Waals surface area contributed by atoms with E-state index in [1.807, 2.05) is 30.3 Å². The normalized spacial score (nSPS) is 13.5. The lowest BCUT2D eigenvalue weighted by molar-refractivity contribution is 0.102. The van der Waals surface area contributed by atoms with E-state index < -0.39 is 6.10 Å². The Bertz CT molecular complexity index is 366. The van der Waals surface area contributed by atoms with Crippen molar-refractivity contribution in [2.24, 2.45) is 5.41 Å². The fraction of sp³-hybridized carbons (Fsp3) is 0.625. The Morgan fingerprint density at radius 2 is 1.90 bits per heavy atom. The third-order valence-corrected chi connectivity index (χ3v) is 2.91. The molecule has 0 saturated carbocycles. The van der Waals surface area contributed by atoms with Gasteiger partial charge in [-0.2, -0.15) is 0 Å². The molecule has 0 amide bonds. The predicted octanol–water partition coefficient (Wildman–Crippen LogP) is 1.60. The minimum Gasteiger partial charge on any atom is -0.491 e. The maximum absolute atomic E-state index is 9.89. The summed E-state index contributed by atoms with van der Waals surface area (Å²) in [6.45, 7) is 7.17. The molecule has 0 saturated heterocycles. The summed E-state index contributed by atoms with van der Waals surface area (Å²) in [6, 6.07) is 9.56. The van der Waals surface area contributed by atoms with Crippen molar-refractivity contribution in [2.45, 2.75) is 20.0 Å². The first-order valence-electron chi connectivity index (χ1n) is 7.10. The number of nitrogens with zero attached hydrogens (tertiary/aromatic N) is 1. The number of hydrogen-bond donors (Lipinski definition) is 2. The van der Waals surface area contributed by atoms with E-state index in [0.29, 0.717) is 13.2 Å². The summed E-state index contributed by atoms with van der Waals surface area (Å²) in [5.74, 6) is 0.791. The summed E-state index contributed by atoms with van der Waals surface area (Å²) in [7, 11) is 4.15. The quantitative estimate of drug-likeness (QED) is 0.721. The van der Waals surface area contributed by atoms with Gasteiger partial charge in [0.05, 0.1) is 0 Å². The zero-order chi connectivity index (χ0) is 15.0. The Morgan fingerprint density at radius 3 is 2.50 bits per heavy atom. The largest absolute Gasteiger partial charge is 0.491 e. The van der Waals surface area contributed by atoms with Crippen molar-refractivity contribution in [3.8, 4) is 5.75 Å². The first-order chi connectivity index (χ1) is 9.39. The summed E-state index contributed by atoms with van der Waals surface area (Å²) < 4.78 is 5.52. The van der Waals surface area contributed by atoms with Gasteiger partial charge in [-0.3, -0.25) is 0 Å². The summed E-state index contributed by atoms with van der Waals surface area (Å²) in [4.78, 5) is 2.18. The van der Waals surface area contributed by atoms with Crippen molar-refractivity contribution >= 4 is 0 Å². The van der Waals surface area contributed by atoms with Crippen molar-refractivity contribution in [2.75, 3.05) is 40.3 Å². The number of para-hydroxylation sites is 1. The highest BCUT2D eigenvalue weighted by Gasteiger charge is 2.18. The van der Waals surface area contributed by atoms with E-state index in [9.17, 15) is 5.11 Å². The van der Waals surface area contributed by atoms with Gasteiger partial charge in [0.25, 0.3) is 0 Å². The molecule has 0 aliphatic heterocycles. The second-order valence-electron chi connectivity index (χ2n) is 6.31. The van der Waals surface area contributed by atoms with Gasteiger partial charge in [0.1, 0.15) is 18.5 Å². The molecule has 20 heavy (non-hydrogen) atoms. The van der Waals surface area contributed by atoms with Crippen LogP contribution in [0.25, 0.3) is 0 Å². The molecule has 4 nitrogen and oxygen atoms in total. The molecule has 4 heteroatoms. The molecule has 1 aromatic carbocycles. The summed E-state index contributed by atoms with van der Waals surface area (Å²) >= 11 is 0. The van der Waals surface area contributed by atoms with Crippen molar-refractivity contribution in [1.82, 2.24) is 10.2 Å². The summed E-state index contributed by atoms with van der Waals surface area (Å²) in [5, 5.41) is 13.2. The molecule has 1 rings (SSSR count). The summed E-state index contributed by atoms with van der Waals surface area (Å²) in [5.41, 5.74) is 0.184. The standard InChI is InChI=1S/C16H28N2O2/c1-16(2,13-18(3)4)12-17-10-14(19)11-20-15-8-6-5-7-9-15/h5-9,14,17,19H,10-13H2,1-4H3. The van der Waals surface area contributed by atoms with Gasteiger partial charge in [0.15, 0.2) is 0 Å². The van der Waals surface area contributed by atoms with E-state index >= 15 is 0 Å². The first-order valence-corrected chi connectivity index (χ1v) is 7.10. The van der Waals surface area contributed by atoms with Crippen LogP contribution in [0.15, 0.2) is 30.3 Å². The van der Waals surface area contributed by atoms with Gasteiger partial charge >= 0.3 is 0 Å². The number of nitrogens with one attached hydrogen (secondary N) is 1. The number of benzene rings is 1. The maximum Gasteiger partial charge on any atom is 0.119 e. The van der Waals surface area contributed by atoms with Crippen LogP contribution in [0, 0.1) is 5.41 Å². The van der Waals surface area contributed by atoms with Crippen molar-refractivity contribution in [3.63, 3.8) is 0 Å². The number of hydrogen-bond acceptors (Lipinski definition) is 4. The van der Waals surface area contributed by atoms with Gasteiger partial charge in [-0.25, -0.2) is 0 Å². The van der Waals surface area contributed by atoms with Crippen LogP contribution < -0.4 is 10.1 Å². The monoisotopic (exact) mass is 280 g/mol. The molecule has 0 spiro atoms. The molecular formula is C16H28N2O2. The fourth-order valence-corrected chi connectivity index (χ4v) is 2.26. The number of ether oxygens (including phenoxy) is 1. The lowest BCUT2D eigenvalue weighted by atomic mass is 9.93. The average Bonchev–Trinajstić information content (AvgIpc) is 2.36. The highest BCUT2D eigenvalue weighted by atomic mass is 16.5. The van der Waals surface area contributed by atoms with Crippen LogP contribution >= 0.6 is 0 Å². The number of rotatable bonds is 9. The second-order valence-corrected chi connectivity index (χ2v) is 6.31. The van der Waals surface area contributed by atoms with E-state index in [1.54, 1.807) is 0 Å². The lowest BCUT2D eigenvalue weighted by Crippen LogP contribution is -2.41. The van der Waals surface area contributed by atoms with Gasteiger partial charge in [0.2, 0.25) is 0 Å². The minimum atomic E-state index is -0.495. The molecule has 1 unspecified atom stereocenters. The predicted molar refractivity (Wildman–Crippen MR) is 83.1 cm³/mol. The number of aliphatic hydroxyl groups is 1. The molecule has 114 valence electrons. The zero-order valence-corrected chi connectivity index (χ0v) is 13.1. The molecule has 1 atom stereocenters. The van der Waals surface area contributed by atoms with Crippen molar-refractivity contribution in [3.05, 3.63) is 30.3 Å². The number of aliphatic hydroxyl groups excluding tert-OH is 1. The Hall–Kier alpha value is -1.10. The van der Waals surface area contributed by atoms with Crippen LogP contribution in [0.3, 0.4) is 0 Å². The molecule has 0 radical (unpaired) electrons. The van der Waals surface area contributed by atoms with E-state index in [-0.39, 0.29) is 5.41 Å². The third-order valence-electron chi connectivity index (χ3n) is 2.91. The fourth-order valence-electron chi connectivity index (χ4n) is 2.26. The van der Waals surface area contributed by atoms with Crippen LogP contribution in [-0.2, 0) is 0 Å². The smallest absolute Gasteiger partial charge is 0.119 e. The van der Waals surface area contributed by atoms with Crippen molar-refractivity contribution in [1.29, 1.82) is 0 Å². The van der Waals surface area contributed by atoms with Gasteiger partial charge < -0.3 is 20.1 Å². The van der Waals surface area contributed by atoms with Gasteiger partial charge in [-0.05, 0) is 31.6 Å². The molecule has 2 N–H and O–H groups in total. The van der Waals surface area contributed by atoms with Crippen LogP contribution in [-0.4, -0.2) is 56.4 Å². The van der Waals surface area contributed by atoms with E-state index in [4.69, 9.17) is 4.74 Å². The SMILES string of the molecule is CN(C)CC(C)(C)CNCC(O)COc1ccccc1. The lowest BCUT2D eigenvalue weighted by Gasteiger charge is -2.29. The van der Waals surface area contributed by atoms with Crippen LogP contribution in [0.4, 0.5) is 0 Å². The molecule has 0 bridgehead atoms. The molecule has 0 aromatic heterocycles. The third kappa shape index (κ3) is 7.48. The van der Waals surface area contributed by atoms with E-state index in [2.05, 4.69) is 38.2 Å². The van der Waals surface area contributed by atoms with E-state index in [0.717, 1.165) is 18.8 Å². The molecule has 0 aliphatic rings. The van der Waals surface area contributed by atoms with Crippen LogP contribution in [0.1, 0.15) is 13.8 Å². The molecule has 1 aromatic rings. The van der Waals surface area contributed by atoms with Gasteiger partial charge in [-0.1, -0.05) is 32.0 Å². The Balaban J connectivity index is 2.18. The molecule has 0 heterocycles. The summed E-state index contributed by atoms with van der Waals surface area (Å²) in [6.07, 6.45) is -0.495. The van der Waals surface area contributed by atoms with Gasteiger partial charge in [-0.15, -0.1) is 0 Å². The first kappa shape index (κ1) is 17.0. The van der Waals surface area contributed by atoms with E-state index in [1.165, 1.54) is 0 Å². The molecule has 0 aliphatic carbocycles. The average molecular weight is 280 g/mol. The minimum absolute atomic E-state index is 0.184. The highest BCUT2D eigenvalue weighted by molar-refractivity contribution is 5.20. The maximum atomic E-state index is 9.89. The molecule has 0 fully saturated rings. The Kier molecular flexibility index (Phi) is 6.99. The van der Waals surface area contributed by atoms with Crippen molar-refractivity contribution < 1.29 is 9.84 Å². The van der Waals surface area contributed by atoms with Crippen LogP contribution in [0.2, 0.25) is 0 Å². The topological polar surface area (TPSA) is 44.7 Å². The second kappa shape index (κ2) is 8.25. The highest BCUT2D eigenvalue weighted by Crippen LogP contribution is 2.14. The zero-order valence-electron chi connectivity index (χ0n) is 13.1. The Labute approximate surface area is 122 Å². The van der Waals surface area contributed by atoms with Crippen LogP contribution in [0.5, 0.6) is 5.75 Å². The van der Waals surface area contributed by atoms with Gasteiger partial charge in [0, 0.05) is 19.6 Å². The molecular weight excluding hydrogens is 252 g/mol. The Morgan fingerprint density at radius 1 is 1.25 bits per heavy atom.